The smallest absolute Gasteiger partial charge is 0.325 e. The number of hydrogen-bond donors (Lipinski definition) is 1. The van der Waals surface area contributed by atoms with Crippen molar-refractivity contribution in [2.24, 2.45) is 0 Å². The molecule has 1 aromatic carbocycles. The fraction of sp³-hybridized carbons (Fsp3) is 0.381. The van der Waals surface area contributed by atoms with Gasteiger partial charge in [-0.1, -0.05) is 17.7 Å². The van der Waals surface area contributed by atoms with Crippen LogP contribution in [0.15, 0.2) is 30.3 Å². The van der Waals surface area contributed by atoms with Gasteiger partial charge in [0, 0.05) is 17.8 Å². The van der Waals surface area contributed by atoms with E-state index in [-0.39, 0.29) is 25.7 Å². The van der Waals surface area contributed by atoms with Crippen LogP contribution in [0.25, 0.3) is 0 Å². The summed E-state index contributed by atoms with van der Waals surface area (Å²) in [6.45, 7) is 4.19. The van der Waals surface area contributed by atoms with Gasteiger partial charge in [0.15, 0.2) is 11.5 Å². The Bertz CT molecular complexity index is 1040. The zero-order valence-electron chi connectivity index (χ0n) is 17.1. The SMILES string of the molecule is CCN(Cc1ccc(Cl)s1)C(=O)CN1C(=O)N[C@](C)(Cc2ccc3c(c2)OCO3)C1=O. The number of fused-ring (bicyclic) bond motifs is 1. The monoisotopic (exact) mass is 463 g/mol. The molecule has 164 valence electrons. The minimum Gasteiger partial charge on any atom is -0.454 e. The fourth-order valence-electron chi connectivity index (χ4n) is 3.71. The van der Waals surface area contributed by atoms with Crippen LogP contribution in [-0.4, -0.2) is 53.1 Å². The maximum atomic E-state index is 13.1. The lowest BCUT2D eigenvalue weighted by Gasteiger charge is -2.24. The lowest BCUT2D eigenvalue weighted by atomic mass is 9.92. The van der Waals surface area contributed by atoms with Crippen molar-refractivity contribution >= 4 is 40.8 Å². The maximum Gasteiger partial charge on any atom is 0.325 e. The van der Waals surface area contributed by atoms with Gasteiger partial charge in [-0.2, -0.15) is 0 Å². The number of benzene rings is 1. The summed E-state index contributed by atoms with van der Waals surface area (Å²) in [5.41, 5.74) is -0.332. The normalized spacial score (nSPS) is 19.6. The maximum absolute atomic E-state index is 13.1. The summed E-state index contributed by atoms with van der Waals surface area (Å²) in [6, 6.07) is 8.47. The first-order valence-electron chi connectivity index (χ1n) is 9.83. The molecular weight excluding hydrogens is 442 g/mol. The van der Waals surface area contributed by atoms with Crippen LogP contribution in [0.5, 0.6) is 11.5 Å². The summed E-state index contributed by atoms with van der Waals surface area (Å²) < 4.78 is 11.3. The number of amides is 4. The van der Waals surface area contributed by atoms with E-state index in [2.05, 4.69) is 5.32 Å². The van der Waals surface area contributed by atoms with E-state index < -0.39 is 17.5 Å². The van der Waals surface area contributed by atoms with Gasteiger partial charge in [-0.05, 0) is 43.7 Å². The Labute approximate surface area is 188 Å². The molecule has 0 saturated carbocycles. The Kier molecular flexibility index (Phi) is 5.81. The van der Waals surface area contributed by atoms with Crippen LogP contribution in [0.1, 0.15) is 24.3 Å². The van der Waals surface area contributed by atoms with E-state index in [0.717, 1.165) is 15.3 Å². The van der Waals surface area contributed by atoms with Crippen molar-refractivity contribution in [3.8, 4) is 11.5 Å². The van der Waals surface area contributed by atoms with Gasteiger partial charge < -0.3 is 19.7 Å². The lowest BCUT2D eigenvalue weighted by molar-refractivity contribution is -0.139. The highest BCUT2D eigenvalue weighted by Gasteiger charge is 2.48. The summed E-state index contributed by atoms with van der Waals surface area (Å²) in [6.07, 6.45) is 0.268. The second-order valence-electron chi connectivity index (χ2n) is 7.63. The van der Waals surface area contributed by atoms with E-state index in [0.29, 0.717) is 28.9 Å². The van der Waals surface area contributed by atoms with E-state index in [9.17, 15) is 14.4 Å². The van der Waals surface area contributed by atoms with E-state index in [1.165, 1.54) is 11.3 Å². The molecule has 2 aromatic rings. The Morgan fingerprint density at radius 3 is 2.74 bits per heavy atom. The molecule has 1 fully saturated rings. The highest BCUT2D eigenvalue weighted by Crippen LogP contribution is 2.34. The Morgan fingerprint density at radius 1 is 1.26 bits per heavy atom. The molecule has 2 aliphatic heterocycles. The standard InChI is InChI=1S/C21H22ClN3O5S/c1-3-24(10-14-5-7-17(22)31-14)18(26)11-25-19(27)21(2,23-20(25)28)9-13-4-6-15-16(8-13)30-12-29-15/h4-8H,3,9-12H2,1-2H3,(H,23,28)/t21-/m1/s1. The lowest BCUT2D eigenvalue weighted by Crippen LogP contribution is -2.47. The predicted octanol–water partition coefficient (Wildman–Crippen LogP) is 3.03. The van der Waals surface area contributed by atoms with Crippen molar-refractivity contribution in [1.29, 1.82) is 0 Å². The topological polar surface area (TPSA) is 88.2 Å². The first-order valence-corrected chi connectivity index (χ1v) is 11.0. The number of nitrogens with zero attached hydrogens (tertiary/aromatic N) is 2. The van der Waals surface area contributed by atoms with Crippen molar-refractivity contribution in [2.75, 3.05) is 19.9 Å². The second-order valence-corrected chi connectivity index (χ2v) is 9.43. The van der Waals surface area contributed by atoms with Crippen LogP contribution >= 0.6 is 22.9 Å². The largest absolute Gasteiger partial charge is 0.454 e. The molecule has 1 atom stereocenters. The van der Waals surface area contributed by atoms with Gasteiger partial charge in [0.2, 0.25) is 12.7 Å². The molecule has 4 amide bonds. The van der Waals surface area contributed by atoms with Crippen LogP contribution in [0.2, 0.25) is 4.34 Å². The van der Waals surface area contributed by atoms with Crippen molar-refractivity contribution in [2.45, 2.75) is 32.4 Å². The zero-order chi connectivity index (χ0) is 22.2. The minimum absolute atomic E-state index is 0.160. The van der Waals surface area contributed by atoms with Gasteiger partial charge in [-0.25, -0.2) is 4.79 Å². The summed E-state index contributed by atoms with van der Waals surface area (Å²) in [4.78, 5) is 42.0. The summed E-state index contributed by atoms with van der Waals surface area (Å²) >= 11 is 7.36. The van der Waals surface area contributed by atoms with Gasteiger partial charge in [0.05, 0.1) is 10.9 Å². The number of carbonyl (C=O) groups is 3. The third kappa shape index (κ3) is 4.33. The number of imide groups is 1. The molecule has 0 spiro atoms. The number of rotatable bonds is 7. The van der Waals surface area contributed by atoms with Crippen LogP contribution in [0.4, 0.5) is 4.79 Å². The second kappa shape index (κ2) is 8.39. The quantitative estimate of drug-likeness (QED) is 0.637. The first-order chi connectivity index (χ1) is 14.8. The van der Waals surface area contributed by atoms with Crippen molar-refractivity contribution < 1.29 is 23.9 Å². The third-order valence-corrected chi connectivity index (χ3v) is 6.56. The average Bonchev–Trinajstić information content (AvgIpc) is 3.41. The number of nitrogens with one attached hydrogen (secondary N) is 1. The molecule has 0 bridgehead atoms. The Balaban J connectivity index is 1.44. The van der Waals surface area contributed by atoms with Crippen LogP contribution in [0.3, 0.4) is 0 Å². The summed E-state index contributed by atoms with van der Waals surface area (Å²) in [7, 11) is 0. The summed E-state index contributed by atoms with van der Waals surface area (Å²) in [5.74, 6) is 0.522. The molecule has 31 heavy (non-hydrogen) atoms. The van der Waals surface area contributed by atoms with Gasteiger partial charge in [-0.15, -0.1) is 11.3 Å². The molecule has 0 aliphatic carbocycles. The number of ether oxygens (including phenoxy) is 2. The van der Waals surface area contributed by atoms with Crippen LogP contribution < -0.4 is 14.8 Å². The molecule has 0 unspecified atom stereocenters. The Morgan fingerprint density at radius 2 is 2.03 bits per heavy atom. The highest BCUT2D eigenvalue weighted by atomic mass is 35.5. The van der Waals surface area contributed by atoms with Gasteiger partial charge >= 0.3 is 6.03 Å². The van der Waals surface area contributed by atoms with Crippen molar-refractivity contribution in [3.05, 3.63) is 45.1 Å². The number of thiophene rings is 1. The van der Waals surface area contributed by atoms with Gasteiger partial charge in [-0.3, -0.25) is 14.5 Å². The average molecular weight is 464 g/mol. The van der Waals surface area contributed by atoms with Gasteiger partial charge in [0.1, 0.15) is 12.1 Å². The van der Waals surface area contributed by atoms with E-state index in [1.807, 2.05) is 19.1 Å². The van der Waals surface area contributed by atoms with E-state index in [4.69, 9.17) is 21.1 Å². The highest BCUT2D eigenvalue weighted by molar-refractivity contribution is 7.16. The van der Waals surface area contributed by atoms with E-state index in [1.54, 1.807) is 30.0 Å². The predicted molar refractivity (Wildman–Crippen MR) is 115 cm³/mol. The number of halogens is 1. The first kappa shape index (κ1) is 21.5. The summed E-state index contributed by atoms with van der Waals surface area (Å²) in [5, 5.41) is 2.74. The van der Waals surface area contributed by atoms with Crippen molar-refractivity contribution in [1.82, 2.24) is 15.1 Å². The third-order valence-electron chi connectivity index (χ3n) is 5.34. The Hall–Kier alpha value is -2.78. The number of likely N-dealkylation sites (N-methyl/N-ethyl adjacent to an activating group) is 1. The zero-order valence-corrected chi connectivity index (χ0v) is 18.7. The van der Waals surface area contributed by atoms with Crippen LogP contribution in [-0.2, 0) is 22.6 Å². The number of hydrogen-bond acceptors (Lipinski definition) is 6. The number of carbonyl (C=O) groups excluding carboxylic acids is 3. The molecule has 1 aromatic heterocycles. The molecule has 3 heterocycles. The molecule has 8 nitrogen and oxygen atoms in total. The fourth-order valence-corrected chi connectivity index (χ4v) is 4.81. The molecule has 2 aliphatic rings. The number of urea groups is 1. The molecule has 0 radical (unpaired) electrons. The molecule has 1 saturated heterocycles. The van der Waals surface area contributed by atoms with Crippen LogP contribution in [0, 0.1) is 0 Å². The molecule has 10 heteroatoms. The van der Waals surface area contributed by atoms with E-state index >= 15 is 0 Å². The molecular formula is C21H22ClN3O5S. The molecule has 4 rings (SSSR count). The molecule has 1 N–H and O–H groups in total. The minimum atomic E-state index is -1.15. The van der Waals surface area contributed by atoms with Crippen molar-refractivity contribution in [3.63, 3.8) is 0 Å². The van der Waals surface area contributed by atoms with Gasteiger partial charge in [0.25, 0.3) is 5.91 Å².